The van der Waals surface area contributed by atoms with Crippen molar-refractivity contribution in [2.75, 3.05) is 19.6 Å². The fraction of sp³-hybridized carbons (Fsp3) is 0.500. The Labute approximate surface area is 141 Å². The molecular formula is C18H23N5O. The minimum Gasteiger partial charge on any atom is -0.333 e. The molecular weight excluding hydrogens is 302 g/mol. The third kappa shape index (κ3) is 3.06. The van der Waals surface area contributed by atoms with Gasteiger partial charge in [-0.15, -0.1) is 0 Å². The number of amides is 1. The number of nitrogens with zero attached hydrogens (tertiary/aromatic N) is 4. The van der Waals surface area contributed by atoms with Crippen molar-refractivity contribution >= 4 is 5.91 Å². The Morgan fingerprint density at radius 3 is 2.83 bits per heavy atom. The van der Waals surface area contributed by atoms with Gasteiger partial charge in [-0.3, -0.25) is 19.8 Å². The smallest absolute Gasteiger partial charge is 0.274 e. The summed E-state index contributed by atoms with van der Waals surface area (Å²) in [6.45, 7) is 5.70. The van der Waals surface area contributed by atoms with E-state index >= 15 is 0 Å². The van der Waals surface area contributed by atoms with E-state index in [1.807, 2.05) is 25.4 Å². The van der Waals surface area contributed by atoms with Crippen molar-refractivity contribution in [2.45, 2.75) is 32.4 Å². The highest BCUT2D eigenvalue weighted by molar-refractivity contribution is 5.92. The molecule has 5 heterocycles. The summed E-state index contributed by atoms with van der Waals surface area (Å²) in [5.41, 5.74) is 2.76. The predicted molar refractivity (Wildman–Crippen MR) is 90.4 cm³/mol. The van der Waals surface area contributed by atoms with Gasteiger partial charge in [0.1, 0.15) is 5.69 Å². The second kappa shape index (κ2) is 6.36. The van der Waals surface area contributed by atoms with E-state index in [1.54, 1.807) is 0 Å². The number of carbonyl (C=O) groups excluding carboxylic acids is 1. The highest BCUT2D eigenvalue weighted by Gasteiger charge is 2.37. The zero-order valence-corrected chi connectivity index (χ0v) is 14.0. The van der Waals surface area contributed by atoms with Crippen LogP contribution in [0.5, 0.6) is 0 Å². The SMILES string of the molecule is Cc1cc(C(=O)N2C[C@H]3CC[C@@H]2CN(Cc2ccncc2)C3)n[nH]1. The lowest BCUT2D eigenvalue weighted by atomic mass is 9.94. The van der Waals surface area contributed by atoms with E-state index in [1.165, 1.54) is 12.0 Å². The molecule has 0 aromatic carbocycles. The fourth-order valence-corrected chi connectivity index (χ4v) is 3.98. The number of fused-ring (bicyclic) bond motifs is 4. The topological polar surface area (TPSA) is 65.1 Å². The van der Waals surface area contributed by atoms with E-state index < -0.39 is 0 Å². The van der Waals surface area contributed by atoms with Gasteiger partial charge in [0.15, 0.2) is 0 Å². The molecule has 6 heteroatoms. The van der Waals surface area contributed by atoms with Gasteiger partial charge < -0.3 is 4.90 Å². The number of aromatic amines is 1. The lowest BCUT2D eigenvalue weighted by Gasteiger charge is -2.35. The molecule has 2 aromatic heterocycles. The maximum absolute atomic E-state index is 12.8. The first-order chi connectivity index (χ1) is 11.7. The molecule has 3 fully saturated rings. The highest BCUT2D eigenvalue weighted by Crippen LogP contribution is 2.29. The second-order valence-corrected chi connectivity index (χ2v) is 7.04. The molecule has 3 aliphatic rings. The van der Waals surface area contributed by atoms with Gasteiger partial charge in [0.2, 0.25) is 0 Å². The van der Waals surface area contributed by atoms with Gasteiger partial charge in [-0.25, -0.2) is 0 Å². The van der Waals surface area contributed by atoms with Gasteiger partial charge in [-0.2, -0.15) is 5.10 Å². The minimum absolute atomic E-state index is 0.0693. The van der Waals surface area contributed by atoms with E-state index in [4.69, 9.17) is 0 Å². The molecule has 1 amide bonds. The molecule has 0 spiro atoms. The van der Waals surface area contributed by atoms with Crippen LogP contribution in [0.15, 0.2) is 30.6 Å². The molecule has 6 nitrogen and oxygen atoms in total. The summed E-state index contributed by atoms with van der Waals surface area (Å²) in [4.78, 5) is 21.5. The maximum Gasteiger partial charge on any atom is 0.274 e. The van der Waals surface area contributed by atoms with E-state index in [9.17, 15) is 4.79 Å². The van der Waals surface area contributed by atoms with E-state index in [2.05, 4.69) is 37.1 Å². The van der Waals surface area contributed by atoms with Gasteiger partial charge in [0.05, 0.1) is 0 Å². The number of nitrogens with one attached hydrogen (secondary N) is 1. The zero-order chi connectivity index (χ0) is 16.5. The summed E-state index contributed by atoms with van der Waals surface area (Å²) in [6, 6.07) is 6.27. The Balaban J connectivity index is 1.49. The summed E-state index contributed by atoms with van der Waals surface area (Å²) in [7, 11) is 0. The van der Waals surface area contributed by atoms with Crippen molar-refractivity contribution in [3.05, 3.63) is 47.5 Å². The van der Waals surface area contributed by atoms with Crippen molar-refractivity contribution in [3.63, 3.8) is 0 Å². The number of aromatic nitrogens is 3. The number of H-pyrrole nitrogens is 1. The molecule has 0 aliphatic carbocycles. The number of hydrogen-bond acceptors (Lipinski definition) is 4. The average molecular weight is 325 g/mol. The van der Waals surface area contributed by atoms with Crippen molar-refractivity contribution in [1.29, 1.82) is 0 Å². The van der Waals surface area contributed by atoms with Gasteiger partial charge in [0.25, 0.3) is 5.91 Å². The highest BCUT2D eigenvalue weighted by atomic mass is 16.2. The normalized spacial score (nSPS) is 24.1. The number of carbonyl (C=O) groups is 1. The summed E-state index contributed by atoms with van der Waals surface area (Å²) >= 11 is 0. The average Bonchev–Trinajstić information content (AvgIpc) is 2.84. The van der Waals surface area contributed by atoms with Gasteiger partial charge in [-0.1, -0.05) is 0 Å². The monoisotopic (exact) mass is 325 g/mol. The Kier molecular flexibility index (Phi) is 4.06. The Morgan fingerprint density at radius 1 is 1.25 bits per heavy atom. The first kappa shape index (κ1) is 15.3. The standard InChI is InChI=1S/C18H23N5O/c1-13-8-17(21-20-13)18(24)23-11-15-2-3-16(23)12-22(10-15)9-14-4-6-19-7-5-14/h4-8,15-16H,2-3,9-12H2,1H3,(H,20,21)/t15-,16+/m0/s1. The fourth-order valence-electron chi connectivity index (χ4n) is 3.98. The molecule has 2 bridgehead atoms. The maximum atomic E-state index is 12.8. The van der Waals surface area contributed by atoms with Gasteiger partial charge in [-0.05, 0) is 49.4 Å². The summed E-state index contributed by atoms with van der Waals surface area (Å²) in [5.74, 6) is 0.620. The zero-order valence-electron chi connectivity index (χ0n) is 14.0. The van der Waals surface area contributed by atoms with Crippen LogP contribution in [0, 0.1) is 12.8 Å². The number of aryl methyl sites for hydroxylation is 1. The van der Waals surface area contributed by atoms with Crippen LogP contribution in [0.1, 0.15) is 34.6 Å². The summed E-state index contributed by atoms with van der Waals surface area (Å²) in [6.07, 6.45) is 5.99. The predicted octanol–water partition coefficient (Wildman–Crippen LogP) is 1.85. The first-order valence-electron chi connectivity index (χ1n) is 8.63. The number of rotatable bonds is 3. The molecule has 5 rings (SSSR count). The quantitative estimate of drug-likeness (QED) is 0.935. The molecule has 2 atom stereocenters. The second-order valence-electron chi connectivity index (χ2n) is 7.04. The van der Waals surface area contributed by atoms with Crippen molar-refractivity contribution < 1.29 is 4.79 Å². The first-order valence-corrected chi connectivity index (χ1v) is 8.63. The van der Waals surface area contributed by atoms with Gasteiger partial charge >= 0.3 is 0 Å². The van der Waals surface area contributed by atoms with Crippen molar-refractivity contribution in [3.8, 4) is 0 Å². The van der Waals surface area contributed by atoms with E-state index in [0.29, 0.717) is 11.6 Å². The largest absolute Gasteiger partial charge is 0.333 e. The van der Waals surface area contributed by atoms with Crippen LogP contribution in [0.4, 0.5) is 0 Å². The molecule has 1 N–H and O–H groups in total. The number of hydrogen-bond donors (Lipinski definition) is 1. The molecule has 2 aromatic rings. The molecule has 24 heavy (non-hydrogen) atoms. The number of pyridine rings is 1. The van der Waals surface area contributed by atoms with E-state index in [0.717, 1.165) is 38.3 Å². The molecule has 126 valence electrons. The lowest BCUT2D eigenvalue weighted by molar-refractivity contribution is 0.0579. The van der Waals surface area contributed by atoms with Crippen LogP contribution in [0.25, 0.3) is 0 Å². The third-order valence-electron chi connectivity index (χ3n) is 5.13. The van der Waals surface area contributed by atoms with Crippen molar-refractivity contribution in [2.24, 2.45) is 5.92 Å². The molecule has 3 aliphatic heterocycles. The summed E-state index contributed by atoms with van der Waals surface area (Å²) < 4.78 is 0. The summed E-state index contributed by atoms with van der Waals surface area (Å²) in [5, 5.41) is 7.03. The van der Waals surface area contributed by atoms with E-state index in [-0.39, 0.29) is 11.9 Å². The third-order valence-corrected chi connectivity index (χ3v) is 5.13. The van der Waals surface area contributed by atoms with Crippen molar-refractivity contribution in [1.82, 2.24) is 25.0 Å². The molecule has 0 saturated carbocycles. The Morgan fingerprint density at radius 2 is 2.08 bits per heavy atom. The molecule has 3 saturated heterocycles. The van der Waals surface area contributed by atoms with Crippen LogP contribution in [-0.4, -0.2) is 56.6 Å². The van der Waals surface area contributed by atoms with Gasteiger partial charge in [0, 0.05) is 50.3 Å². The minimum atomic E-state index is 0.0693. The lowest BCUT2D eigenvalue weighted by Crippen LogP contribution is -2.47. The molecule has 0 unspecified atom stereocenters. The Hall–Kier alpha value is -2.21. The van der Waals surface area contributed by atoms with Crippen LogP contribution in [0.2, 0.25) is 0 Å². The van der Waals surface area contributed by atoms with Crippen LogP contribution in [-0.2, 0) is 6.54 Å². The number of piperidine rings is 1. The van der Waals surface area contributed by atoms with Crippen LogP contribution < -0.4 is 0 Å². The Bertz CT molecular complexity index is 713. The molecule has 0 radical (unpaired) electrons. The van der Waals surface area contributed by atoms with Crippen LogP contribution >= 0.6 is 0 Å². The van der Waals surface area contributed by atoms with Crippen LogP contribution in [0.3, 0.4) is 0 Å².